The highest BCUT2D eigenvalue weighted by molar-refractivity contribution is 7.99. The number of hydrogen-bond donors (Lipinski definition) is 3. The van der Waals surface area contributed by atoms with Crippen molar-refractivity contribution >= 4 is 58.2 Å². The molecule has 0 bridgehead atoms. The fourth-order valence-corrected chi connectivity index (χ4v) is 4.08. The summed E-state index contributed by atoms with van der Waals surface area (Å²) in [6.07, 6.45) is 0. The van der Waals surface area contributed by atoms with E-state index in [-0.39, 0.29) is 28.8 Å². The highest BCUT2D eigenvalue weighted by Crippen LogP contribution is 2.24. The van der Waals surface area contributed by atoms with E-state index in [0.29, 0.717) is 26.7 Å². The second kappa shape index (κ2) is 11.3. The van der Waals surface area contributed by atoms with Crippen LogP contribution in [0.5, 0.6) is 0 Å². The predicted octanol–water partition coefficient (Wildman–Crippen LogP) is 4.88. The van der Waals surface area contributed by atoms with E-state index in [4.69, 9.17) is 23.2 Å². The van der Waals surface area contributed by atoms with Gasteiger partial charge in [-0.05, 0) is 30.2 Å². The molecule has 1 atom stereocenters. The van der Waals surface area contributed by atoms with Crippen LogP contribution in [-0.4, -0.2) is 37.7 Å². The number of nitrogens with one attached hydrogen (secondary N) is 3. The molecule has 178 valence electrons. The van der Waals surface area contributed by atoms with Gasteiger partial charge in [-0.3, -0.25) is 24.8 Å². The Balaban J connectivity index is 1.63. The van der Waals surface area contributed by atoms with Gasteiger partial charge in [-0.1, -0.05) is 54.9 Å². The van der Waals surface area contributed by atoms with Crippen LogP contribution in [0.1, 0.15) is 36.1 Å². The van der Waals surface area contributed by atoms with Gasteiger partial charge in [0.05, 0.1) is 16.7 Å². The molecule has 1 heterocycles. The third-order valence-electron chi connectivity index (χ3n) is 4.53. The number of nitro groups is 1. The zero-order valence-corrected chi connectivity index (χ0v) is 20.4. The number of thioether (sulfide) groups is 1. The topological polar surface area (TPSA) is 143 Å². The molecule has 0 fully saturated rings. The number of halogens is 2. The molecule has 1 aromatic heterocycles. The van der Waals surface area contributed by atoms with Crippen LogP contribution in [0.25, 0.3) is 0 Å². The van der Waals surface area contributed by atoms with Crippen LogP contribution in [0.15, 0.2) is 47.6 Å². The third kappa shape index (κ3) is 6.92. The standard InChI is InChI=1S/C21H20Cl2N6O4S/c1-11(2)18(25-20(31)12-4-3-5-16(6-12)29(32)33)19-26-21(28-27-19)34-10-17(30)24-15-8-13(22)7-14(23)9-15/h3-9,11,18H,10H2,1-2H3,(H,24,30)(H,25,31)(H,26,27,28)/t18-/m0/s1. The van der Waals surface area contributed by atoms with Gasteiger partial charge in [0.15, 0.2) is 0 Å². The van der Waals surface area contributed by atoms with E-state index in [0.717, 1.165) is 11.8 Å². The summed E-state index contributed by atoms with van der Waals surface area (Å²) < 4.78 is 0. The van der Waals surface area contributed by atoms with Gasteiger partial charge in [-0.15, -0.1) is 5.10 Å². The Hall–Kier alpha value is -3.15. The summed E-state index contributed by atoms with van der Waals surface area (Å²) in [4.78, 5) is 39.7. The first kappa shape index (κ1) is 25.5. The van der Waals surface area contributed by atoms with Crippen LogP contribution in [0, 0.1) is 16.0 Å². The van der Waals surface area contributed by atoms with Crippen LogP contribution in [-0.2, 0) is 4.79 Å². The minimum absolute atomic E-state index is 0.0355. The van der Waals surface area contributed by atoms with Crippen molar-refractivity contribution in [3.05, 3.63) is 74.0 Å². The first-order valence-corrected chi connectivity index (χ1v) is 11.7. The number of nitrogens with zero attached hydrogens (tertiary/aromatic N) is 3. The molecule has 0 aliphatic carbocycles. The van der Waals surface area contributed by atoms with E-state index >= 15 is 0 Å². The van der Waals surface area contributed by atoms with Crippen molar-refractivity contribution in [2.45, 2.75) is 25.0 Å². The highest BCUT2D eigenvalue weighted by Gasteiger charge is 2.24. The maximum Gasteiger partial charge on any atom is 0.270 e. The number of carbonyl (C=O) groups excluding carboxylic acids is 2. The van der Waals surface area contributed by atoms with Gasteiger partial charge < -0.3 is 10.6 Å². The van der Waals surface area contributed by atoms with Crippen LogP contribution in [0.2, 0.25) is 10.0 Å². The molecular weight excluding hydrogens is 503 g/mol. The minimum Gasteiger partial charge on any atom is -0.342 e. The fourth-order valence-electron chi connectivity index (χ4n) is 2.95. The lowest BCUT2D eigenvalue weighted by Gasteiger charge is -2.19. The van der Waals surface area contributed by atoms with E-state index in [1.807, 2.05) is 13.8 Å². The van der Waals surface area contributed by atoms with Gasteiger partial charge in [0, 0.05) is 33.4 Å². The molecule has 0 spiro atoms. The van der Waals surface area contributed by atoms with Gasteiger partial charge >= 0.3 is 0 Å². The first-order valence-electron chi connectivity index (χ1n) is 9.98. The van der Waals surface area contributed by atoms with Crippen molar-refractivity contribution in [1.82, 2.24) is 20.5 Å². The summed E-state index contributed by atoms with van der Waals surface area (Å²) in [5.41, 5.74) is 0.458. The summed E-state index contributed by atoms with van der Waals surface area (Å²) >= 11 is 13.0. The SMILES string of the molecule is CC(C)[C@H](NC(=O)c1cccc([N+](=O)[O-])c1)c1nc(SCC(=O)Nc2cc(Cl)cc(Cl)c2)n[nH]1. The average Bonchev–Trinajstić information content (AvgIpc) is 3.23. The Kier molecular flexibility index (Phi) is 8.48. The smallest absolute Gasteiger partial charge is 0.270 e. The second-order valence-electron chi connectivity index (χ2n) is 7.50. The average molecular weight is 523 g/mol. The van der Waals surface area contributed by atoms with E-state index < -0.39 is 16.9 Å². The predicted molar refractivity (Wildman–Crippen MR) is 130 cm³/mol. The number of anilines is 1. The summed E-state index contributed by atoms with van der Waals surface area (Å²) in [6, 6.07) is 9.66. The maximum atomic E-state index is 12.7. The number of carbonyl (C=O) groups is 2. The maximum absolute atomic E-state index is 12.7. The van der Waals surface area contributed by atoms with Gasteiger partial charge in [-0.2, -0.15) is 0 Å². The molecule has 3 N–H and O–H groups in total. The monoisotopic (exact) mass is 522 g/mol. The summed E-state index contributed by atoms with van der Waals surface area (Å²) in [5.74, 6) is -0.405. The normalized spacial score (nSPS) is 11.8. The third-order valence-corrected chi connectivity index (χ3v) is 5.81. The Morgan fingerprint density at radius 2 is 1.88 bits per heavy atom. The molecule has 34 heavy (non-hydrogen) atoms. The summed E-state index contributed by atoms with van der Waals surface area (Å²) in [7, 11) is 0. The molecule has 2 aromatic carbocycles. The van der Waals surface area contributed by atoms with Crippen molar-refractivity contribution in [3.8, 4) is 0 Å². The number of rotatable bonds is 9. The molecule has 2 amide bonds. The molecule has 3 rings (SSSR count). The number of hydrogen-bond acceptors (Lipinski definition) is 7. The first-order chi connectivity index (χ1) is 16.1. The largest absolute Gasteiger partial charge is 0.342 e. The highest BCUT2D eigenvalue weighted by atomic mass is 35.5. The van der Waals surface area contributed by atoms with Crippen molar-refractivity contribution < 1.29 is 14.5 Å². The Bertz CT molecular complexity index is 1200. The quantitative estimate of drug-likeness (QED) is 0.206. The number of aromatic nitrogens is 3. The fraction of sp³-hybridized carbons (Fsp3) is 0.238. The molecular formula is C21H20Cl2N6O4S. The van der Waals surface area contributed by atoms with Crippen LogP contribution < -0.4 is 10.6 Å². The molecule has 3 aromatic rings. The molecule has 0 radical (unpaired) electrons. The number of H-pyrrole nitrogens is 1. The number of nitro benzene ring substituents is 1. The summed E-state index contributed by atoms with van der Waals surface area (Å²) in [5, 5.41) is 24.5. The lowest BCUT2D eigenvalue weighted by Crippen LogP contribution is -2.32. The second-order valence-corrected chi connectivity index (χ2v) is 9.32. The molecule has 13 heteroatoms. The lowest BCUT2D eigenvalue weighted by molar-refractivity contribution is -0.384. The number of benzene rings is 2. The van der Waals surface area contributed by atoms with Crippen molar-refractivity contribution in [1.29, 1.82) is 0 Å². The van der Waals surface area contributed by atoms with Gasteiger partial charge in [0.2, 0.25) is 11.1 Å². The van der Waals surface area contributed by atoms with E-state index in [1.54, 1.807) is 18.2 Å². The molecule has 0 saturated heterocycles. The van der Waals surface area contributed by atoms with E-state index in [2.05, 4.69) is 25.8 Å². The molecule has 0 saturated carbocycles. The van der Waals surface area contributed by atoms with E-state index in [1.165, 1.54) is 24.3 Å². The number of aromatic amines is 1. The van der Waals surface area contributed by atoms with Crippen molar-refractivity contribution in [2.24, 2.45) is 5.92 Å². The van der Waals surface area contributed by atoms with E-state index in [9.17, 15) is 19.7 Å². The molecule has 10 nitrogen and oxygen atoms in total. The minimum atomic E-state index is -0.562. The van der Waals surface area contributed by atoms with Crippen LogP contribution >= 0.6 is 35.0 Å². The molecule has 0 unspecified atom stereocenters. The Morgan fingerprint density at radius 3 is 2.53 bits per heavy atom. The van der Waals surface area contributed by atoms with Gasteiger partial charge in [0.25, 0.3) is 11.6 Å². The van der Waals surface area contributed by atoms with Crippen LogP contribution in [0.3, 0.4) is 0 Å². The zero-order valence-electron chi connectivity index (χ0n) is 18.0. The Labute approximate surface area is 209 Å². The van der Waals surface area contributed by atoms with Gasteiger partial charge in [-0.25, -0.2) is 4.98 Å². The van der Waals surface area contributed by atoms with Crippen molar-refractivity contribution in [3.63, 3.8) is 0 Å². The molecule has 0 aliphatic rings. The lowest BCUT2D eigenvalue weighted by atomic mass is 10.0. The zero-order chi connectivity index (χ0) is 24.8. The number of amides is 2. The summed E-state index contributed by atoms with van der Waals surface area (Å²) in [6.45, 7) is 3.77. The van der Waals surface area contributed by atoms with Crippen molar-refractivity contribution in [2.75, 3.05) is 11.1 Å². The van der Waals surface area contributed by atoms with Gasteiger partial charge in [0.1, 0.15) is 5.82 Å². The number of non-ortho nitro benzene ring substituents is 1. The van der Waals surface area contributed by atoms with Crippen LogP contribution in [0.4, 0.5) is 11.4 Å². The molecule has 0 aliphatic heterocycles. The Morgan fingerprint density at radius 1 is 1.18 bits per heavy atom.